The Kier molecular flexibility index (Phi) is 6.86. The molecule has 3 aromatic rings. The van der Waals surface area contributed by atoms with Crippen LogP contribution in [0.1, 0.15) is 55.4 Å². The average Bonchev–Trinajstić information content (AvgIpc) is 3.10. The molecular weight excluding hydrogens is 372 g/mol. The maximum absolute atomic E-state index is 13.0. The standard InChI is InChI=1S/C22H28N4O.ClH/c1-5-20-18(14-24-26(20)22(2,3)4)21(27)25-19(13-23)17-11-10-15-8-6-7-9-16(15)12-17;/h6-12,14,19H,5,13,23H2,1-4H3,(H,25,27);1H. The molecule has 0 radical (unpaired) electrons. The molecule has 2 aromatic carbocycles. The molecule has 5 nitrogen and oxygen atoms in total. The number of halogens is 1. The lowest BCUT2D eigenvalue weighted by molar-refractivity contribution is 0.0936. The van der Waals surface area contributed by atoms with Crippen LogP contribution in [0, 0.1) is 0 Å². The van der Waals surface area contributed by atoms with Gasteiger partial charge in [-0.3, -0.25) is 9.48 Å². The molecule has 0 saturated heterocycles. The molecule has 3 rings (SSSR count). The molecule has 0 aliphatic rings. The van der Waals surface area contributed by atoms with Gasteiger partial charge >= 0.3 is 0 Å². The van der Waals surface area contributed by atoms with Crippen LogP contribution < -0.4 is 11.1 Å². The molecule has 0 aliphatic carbocycles. The summed E-state index contributed by atoms with van der Waals surface area (Å²) < 4.78 is 1.93. The molecule has 1 aromatic heterocycles. The first-order valence-electron chi connectivity index (χ1n) is 9.42. The van der Waals surface area contributed by atoms with Crippen LogP contribution >= 0.6 is 12.4 Å². The van der Waals surface area contributed by atoms with E-state index in [-0.39, 0.29) is 29.9 Å². The van der Waals surface area contributed by atoms with Gasteiger partial charge in [0, 0.05) is 6.54 Å². The van der Waals surface area contributed by atoms with Crippen molar-refractivity contribution in [3.63, 3.8) is 0 Å². The number of hydrogen-bond donors (Lipinski definition) is 2. The molecule has 150 valence electrons. The lowest BCUT2D eigenvalue weighted by Gasteiger charge is -2.23. The Bertz CT molecular complexity index is 959. The van der Waals surface area contributed by atoms with Crippen LogP contribution in [0.2, 0.25) is 0 Å². The Morgan fingerprint density at radius 3 is 2.46 bits per heavy atom. The second kappa shape index (κ2) is 8.76. The van der Waals surface area contributed by atoms with E-state index in [1.807, 2.05) is 29.8 Å². The number of rotatable bonds is 5. The number of carbonyl (C=O) groups excluding carboxylic acids is 1. The van der Waals surface area contributed by atoms with Gasteiger partial charge in [0.25, 0.3) is 5.91 Å². The van der Waals surface area contributed by atoms with Gasteiger partial charge in [-0.2, -0.15) is 5.10 Å². The van der Waals surface area contributed by atoms with Crippen molar-refractivity contribution in [3.05, 3.63) is 65.5 Å². The van der Waals surface area contributed by atoms with Gasteiger partial charge in [-0.25, -0.2) is 0 Å². The number of nitrogens with zero attached hydrogens (tertiary/aromatic N) is 2. The molecule has 1 atom stereocenters. The summed E-state index contributed by atoms with van der Waals surface area (Å²) in [5.74, 6) is -0.133. The molecule has 3 N–H and O–H groups in total. The summed E-state index contributed by atoms with van der Waals surface area (Å²) in [6, 6.07) is 14.1. The molecule has 6 heteroatoms. The lowest BCUT2D eigenvalue weighted by Crippen LogP contribution is -2.34. The van der Waals surface area contributed by atoms with E-state index < -0.39 is 0 Å². The highest BCUT2D eigenvalue weighted by Crippen LogP contribution is 2.22. The number of carbonyl (C=O) groups is 1. The minimum absolute atomic E-state index is 0. The molecule has 0 fully saturated rings. The first-order chi connectivity index (χ1) is 12.8. The van der Waals surface area contributed by atoms with Gasteiger partial charge in [-0.15, -0.1) is 12.4 Å². The van der Waals surface area contributed by atoms with Crippen LogP contribution in [-0.2, 0) is 12.0 Å². The topological polar surface area (TPSA) is 72.9 Å². The van der Waals surface area contributed by atoms with Crippen molar-refractivity contribution in [3.8, 4) is 0 Å². The second-order valence-corrected chi connectivity index (χ2v) is 7.81. The van der Waals surface area contributed by atoms with Crippen LogP contribution in [-0.4, -0.2) is 22.2 Å². The number of benzene rings is 2. The predicted molar refractivity (Wildman–Crippen MR) is 117 cm³/mol. The van der Waals surface area contributed by atoms with Crippen LogP contribution in [0.5, 0.6) is 0 Å². The Hall–Kier alpha value is -2.37. The molecule has 0 spiro atoms. The van der Waals surface area contributed by atoms with E-state index >= 15 is 0 Å². The summed E-state index contributed by atoms with van der Waals surface area (Å²) in [6.45, 7) is 8.62. The number of nitrogens with two attached hydrogens (primary N) is 1. The van der Waals surface area contributed by atoms with E-state index in [9.17, 15) is 4.79 Å². The number of hydrogen-bond acceptors (Lipinski definition) is 3. The Morgan fingerprint density at radius 2 is 1.86 bits per heavy atom. The van der Waals surface area contributed by atoms with E-state index in [1.165, 1.54) is 5.39 Å². The minimum Gasteiger partial charge on any atom is -0.344 e. The summed E-state index contributed by atoms with van der Waals surface area (Å²) in [4.78, 5) is 13.0. The number of nitrogens with one attached hydrogen (secondary N) is 1. The predicted octanol–water partition coefficient (Wildman–Crippen LogP) is 4.21. The molecule has 0 aliphatic heterocycles. The van der Waals surface area contributed by atoms with Crippen molar-refractivity contribution >= 4 is 29.1 Å². The third-order valence-electron chi connectivity index (χ3n) is 4.80. The molecule has 1 heterocycles. The lowest BCUT2D eigenvalue weighted by atomic mass is 10.0. The van der Waals surface area contributed by atoms with Gasteiger partial charge in [0.1, 0.15) is 0 Å². The fourth-order valence-corrected chi connectivity index (χ4v) is 3.42. The van der Waals surface area contributed by atoms with Crippen molar-refractivity contribution in [1.29, 1.82) is 0 Å². The molecule has 0 bridgehead atoms. The minimum atomic E-state index is -0.246. The smallest absolute Gasteiger partial charge is 0.255 e. The van der Waals surface area contributed by atoms with Crippen LogP contribution in [0.4, 0.5) is 0 Å². The van der Waals surface area contributed by atoms with Crippen LogP contribution in [0.15, 0.2) is 48.7 Å². The Balaban J connectivity index is 0.00000280. The van der Waals surface area contributed by atoms with Gasteiger partial charge in [0.15, 0.2) is 0 Å². The van der Waals surface area contributed by atoms with Crippen molar-refractivity contribution in [1.82, 2.24) is 15.1 Å². The summed E-state index contributed by atoms with van der Waals surface area (Å²) in [5, 5.41) is 9.84. The fourth-order valence-electron chi connectivity index (χ4n) is 3.42. The number of fused-ring (bicyclic) bond motifs is 1. The highest BCUT2D eigenvalue weighted by Gasteiger charge is 2.24. The van der Waals surface area contributed by atoms with Gasteiger partial charge in [-0.05, 0) is 49.6 Å². The van der Waals surface area contributed by atoms with Gasteiger partial charge in [0.05, 0.1) is 29.0 Å². The highest BCUT2D eigenvalue weighted by molar-refractivity contribution is 5.95. The van der Waals surface area contributed by atoms with Crippen molar-refractivity contribution in [2.75, 3.05) is 6.54 Å². The Labute approximate surface area is 172 Å². The van der Waals surface area contributed by atoms with Crippen LogP contribution in [0.25, 0.3) is 10.8 Å². The summed E-state index contributed by atoms with van der Waals surface area (Å²) in [7, 11) is 0. The highest BCUT2D eigenvalue weighted by atomic mass is 35.5. The fraction of sp³-hybridized carbons (Fsp3) is 0.364. The van der Waals surface area contributed by atoms with Gasteiger partial charge in [0.2, 0.25) is 0 Å². The van der Waals surface area contributed by atoms with E-state index in [0.717, 1.165) is 23.1 Å². The zero-order valence-corrected chi connectivity index (χ0v) is 17.7. The zero-order valence-electron chi connectivity index (χ0n) is 16.9. The second-order valence-electron chi connectivity index (χ2n) is 7.81. The summed E-state index contributed by atoms with van der Waals surface area (Å²) >= 11 is 0. The molecule has 28 heavy (non-hydrogen) atoms. The average molecular weight is 401 g/mol. The third kappa shape index (κ3) is 4.37. The maximum atomic E-state index is 13.0. The molecule has 1 unspecified atom stereocenters. The van der Waals surface area contributed by atoms with Crippen molar-refractivity contribution in [2.24, 2.45) is 5.73 Å². The van der Waals surface area contributed by atoms with E-state index in [0.29, 0.717) is 12.1 Å². The Morgan fingerprint density at radius 1 is 1.18 bits per heavy atom. The van der Waals surface area contributed by atoms with Crippen molar-refractivity contribution in [2.45, 2.75) is 45.7 Å². The first kappa shape index (κ1) is 21.9. The van der Waals surface area contributed by atoms with E-state index in [4.69, 9.17) is 5.73 Å². The zero-order chi connectivity index (χ0) is 19.6. The van der Waals surface area contributed by atoms with Gasteiger partial charge < -0.3 is 11.1 Å². The largest absolute Gasteiger partial charge is 0.344 e. The monoisotopic (exact) mass is 400 g/mol. The number of amides is 1. The SMILES string of the molecule is CCc1c(C(=O)NC(CN)c2ccc3ccccc3c2)cnn1C(C)(C)C.Cl. The maximum Gasteiger partial charge on any atom is 0.255 e. The molecular formula is C22H29ClN4O. The normalized spacial score (nSPS) is 12.5. The van der Waals surface area contributed by atoms with Crippen LogP contribution in [0.3, 0.4) is 0 Å². The number of aromatic nitrogens is 2. The van der Waals surface area contributed by atoms with E-state index in [2.05, 4.69) is 55.5 Å². The molecule has 0 saturated carbocycles. The van der Waals surface area contributed by atoms with E-state index in [1.54, 1.807) is 6.20 Å². The third-order valence-corrected chi connectivity index (χ3v) is 4.80. The molecule has 1 amide bonds. The van der Waals surface area contributed by atoms with Crippen molar-refractivity contribution < 1.29 is 4.79 Å². The summed E-state index contributed by atoms with van der Waals surface area (Å²) in [6.07, 6.45) is 2.40. The van der Waals surface area contributed by atoms with Gasteiger partial charge in [-0.1, -0.05) is 43.3 Å². The first-order valence-corrected chi connectivity index (χ1v) is 9.42. The quantitative estimate of drug-likeness (QED) is 0.673. The summed E-state index contributed by atoms with van der Waals surface area (Å²) in [5.41, 5.74) is 8.38.